The minimum Gasteiger partial charge on any atom is -0.790 e. The maximum atomic E-state index is 12.1. The molecule has 3 nitrogen and oxygen atoms in total. The molecule has 0 aromatic carbocycles. The van der Waals surface area contributed by atoms with E-state index >= 15 is 0 Å². The van der Waals surface area contributed by atoms with Gasteiger partial charge in [0.2, 0.25) is 0 Å². The van der Waals surface area contributed by atoms with E-state index < -0.39 is 31.0 Å². The molecule has 0 fully saturated rings. The summed E-state index contributed by atoms with van der Waals surface area (Å²) in [5, 5.41) is 0. The topological polar surface area (TPSA) is 40.1 Å². The zero-order valence-corrected chi connectivity index (χ0v) is 28.0. The number of alkyl halides is 10. The standard InChI is InChI=1S/C27H54N.C4HF10O2P/c1-5-9-12-15-18-21-25-28(24-8-4,26-22-19-16-13-10-6-2)27-23-20-17-14-11-7-3;5-1(6,7)3(11,12)17(15,16)4(13,14)2(8,9)10/h4H,5-7,9-27H2,1-3H3;(H,15,16)/q+1;/p-1. The van der Waals surface area contributed by atoms with E-state index in [1.54, 1.807) is 0 Å². The van der Waals surface area contributed by atoms with Crippen LogP contribution in [0.4, 0.5) is 43.9 Å². The molecular formula is C31H54F10NO2P. The molecule has 0 radical (unpaired) electrons. The minimum atomic E-state index is -8.51. The Morgan fingerprint density at radius 2 is 0.778 bits per heavy atom. The van der Waals surface area contributed by atoms with E-state index in [1.807, 2.05) is 0 Å². The SMILES string of the molecule is C#CC[N+](CCCCCCCC)(CCCCCCCC)CCCCCCCC.O=P([O-])(C(F)(F)C(F)(F)F)C(F)(F)C(F)(F)F. The molecule has 0 heterocycles. The number of hydrogen-bond acceptors (Lipinski definition) is 2. The van der Waals surface area contributed by atoms with E-state index in [0.29, 0.717) is 0 Å². The quantitative estimate of drug-likeness (QED) is 0.0332. The summed E-state index contributed by atoms with van der Waals surface area (Å²) < 4.78 is 128. The number of unbranched alkanes of at least 4 members (excludes halogenated alkanes) is 15. The van der Waals surface area contributed by atoms with E-state index in [2.05, 4.69) is 26.7 Å². The first-order chi connectivity index (χ1) is 20.7. The molecule has 0 atom stereocenters. The molecule has 0 N–H and O–H groups in total. The van der Waals surface area contributed by atoms with Gasteiger partial charge in [-0.25, -0.2) is 0 Å². The first-order valence-corrected chi connectivity index (χ1v) is 17.9. The Labute approximate surface area is 263 Å². The highest BCUT2D eigenvalue weighted by atomic mass is 31.2. The Morgan fingerprint density at radius 1 is 0.533 bits per heavy atom. The molecule has 0 rings (SSSR count). The fourth-order valence-corrected chi connectivity index (χ4v) is 5.98. The normalized spacial score (nSPS) is 13.4. The predicted molar refractivity (Wildman–Crippen MR) is 158 cm³/mol. The van der Waals surface area contributed by atoms with Crippen molar-refractivity contribution < 1.29 is 57.8 Å². The third-order valence-corrected chi connectivity index (χ3v) is 9.79. The highest BCUT2D eigenvalue weighted by Gasteiger charge is 2.78. The maximum absolute atomic E-state index is 12.1. The van der Waals surface area contributed by atoms with Crippen molar-refractivity contribution in [3.8, 4) is 12.3 Å². The van der Waals surface area contributed by atoms with Gasteiger partial charge < -0.3 is 13.9 Å². The molecule has 0 saturated heterocycles. The summed E-state index contributed by atoms with van der Waals surface area (Å²) in [7, 11) is -8.51. The molecule has 0 saturated carbocycles. The van der Waals surface area contributed by atoms with Gasteiger partial charge in [0, 0.05) is 0 Å². The number of rotatable bonds is 24. The Morgan fingerprint density at radius 3 is 1.00 bits per heavy atom. The van der Waals surface area contributed by atoms with E-state index in [4.69, 9.17) is 6.42 Å². The molecule has 45 heavy (non-hydrogen) atoms. The number of nitrogens with zero attached hydrogens (tertiary/aromatic N) is 1. The van der Waals surface area contributed by atoms with E-state index in [0.717, 1.165) is 6.54 Å². The molecule has 0 aliphatic rings. The van der Waals surface area contributed by atoms with Crippen molar-refractivity contribution in [2.75, 3.05) is 26.2 Å². The van der Waals surface area contributed by atoms with Crippen molar-refractivity contribution in [2.24, 2.45) is 0 Å². The fourth-order valence-electron chi connectivity index (χ4n) is 4.96. The van der Waals surface area contributed by atoms with Gasteiger partial charge in [-0.2, -0.15) is 43.9 Å². The fraction of sp³-hybridized carbons (Fsp3) is 0.935. The van der Waals surface area contributed by atoms with Crippen LogP contribution in [0.3, 0.4) is 0 Å². The van der Waals surface area contributed by atoms with Gasteiger partial charge in [-0.05, 0) is 44.4 Å². The maximum Gasteiger partial charge on any atom is 0.459 e. The highest BCUT2D eigenvalue weighted by Crippen LogP contribution is 2.72. The average Bonchev–Trinajstić information content (AvgIpc) is 2.93. The van der Waals surface area contributed by atoms with Gasteiger partial charge in [0.25, 0.3) is 0 Å². The van der Waals surface area contributed by atoms with Crippen LogP contribution in [0.15, 0.2) is 0 Å². The first-order valence-electron chi connectivity index (χ1n) is 16.2. The van der Waals surface area contributed by atoms with Gasteiger partial charge >= 0.3 is 23.7 Å². The molecule has 0 aliphatic carbocycles. The second-order valence-electron chi connectivity index (χ2n) is 11.8. The Bertz CT molecular complexity index is 771. The Kier molecular flexibility index (Phi) is 23.1. The lowest BCUT2D eigenvalue weighted by Gasteiger charge is -2.38. The largest absolute Gasteiger partial charge is 0.790 e. The van der Waals surface area contributed by atoms with E-state index in [-0.39, 0.29) is 0 Å². The van der Waals surface area contributed by atoms with Gasteiger partial charge in [-0.1, -0.05) is 97.8 Å². The smallest absolute Gasteiger partial charge is 0.459 e. The number of terminal acetylenes is 1. The summed E-state index contributed by atoms with van der Waals surface area (Å²) in [6.07, 6.45) is 16.7. The van der Waals surface area contributed by atoms with Crippen molar-refractivity contribution in [3.05, 3.63) is 0 Å². The predicted octanol–water partition coefficient (Wildman–Crippen LogP) is 11.5. The van der Waals surface area contributed by atoms with Crippen LogP contribution in [0.5, 0.6) is 0 Å². The average molecular weight is 694 g/mol. The molecule has 0 spiro atoms. The van der Waals surface area contributed by atoms with Gasteiger partial charge in [0.1, 0.15) is 6.54 Å². The van der Waals surface area contributed by atoms with Gasteiger partial charge in [0.05, 0.1) is 19.6 Å². The van der Waals surface area contributed by atoms with Crippen LogP contribution in [0, 0.1) is 12.3 Å². The minimum absolute atomic E-state index is 0.957. The first kappa shape index (κ1) is 46.1. The summed E-state index contributed by atoms with van der Waals surface area (Å²) in [6, 6.07) is 0. The molecule has 0 aromatic heterocycles. The van der Waals surface area contributed by atoms with E-state index in [9.17, 15) is 53.4 Å². The lowest BCUT2D eigenvalue weighted by atomic mass is 10.1. The molecule has 0 aromatic rings. The molecule has 0 unspecified atom stereocenters. The van der Waals surface area contributed by atoms with Crippen LogP contribution >= 0.6 is 7.37 Å². The second-order valence-corrected chi connectivity index (χ2v) is 14.0. The van der Waals surface area contributed by atoms with Crippen LogP contribution in [-0.2, 0) is 4.57 Å². The number of hydrogen-bond donors (Lipinski definition) is 0. The second kappa shape index (κ2) is 22.6. The van der Waals surface area contributed by atoms with Crippen molar-refractivity contribution in [1.29, 1.82) is 0 Å². The van der Waals surface area contributed by atoms with Crippen LogP contribution in [0.25, 0.3) is 0 Å². The molecular weight excluding hydrogens is 639 g/mol. The lowest BCUT2D eigenvalue weighted by molar-refractivity contribution is -0.922. The molecule has 270 valence electrons. The zero-order chi connectivity index (χ0) is 35.3. The summed E-state index contributed by atoms with van der Waals surface area (Å²) >= 11 is 0. The number of halogens is 10. The van der Waals surface area contributed by atoms with Crippen LogP contribution in [0.1, 0.15) is 136 Å². The molecule has 0 aliphatic heterocycles. The molecule has 0 amide bonds. The summed E-state index contributed by atoms with van der Waals surface area (Å²) in [5.41, 5.74) is -14.4. The van der Waals surface area contributed by atoms with Crippen molar-refractivity contribution >= 4 is 7.37 Å². The van der Waals surface area contributed by atoms with Crippen LogP contribution in [0.2, 0.25) is 0 Å². The summed E-state index contributed by atoms with van der Waals surface area (Å²) in [5.74, 6) is 3.06. The zero-order valence-electron chi connectivity index (χ0n) is 27.1. The third kappa shape index (κ3) is 16.6. The number of quaternary nitrogens is 1. The lowest BCUT2D eigenvalue weighted by Crippen LogP contribution is -2.50. The van der Waals surface area contributed by atoms with Gasteiger partial charge in [-0.3, -0.25) is 0 Å². The summed E-state index contributed by atoms with van der Waals surface area (Å²) in [4.78, 5) is 10.1. The monoisotopic (exact) mass is 693 g/mol. The Hall–Kier alpha value is -0.990. The van der Waals surface area contributed by atoms with Crippen molar-refractivity contribution in [2.45, 2.75) is 160 Å². The highest BCUT2D eigenvalue weighted by molar-refractivity contribution is 7.59. The molecule has 14 heteroatoms. The Balaban J connectivity index is 0. The van der Waals surface area contributed by atoms with Crippen LogP contribution in [-0.4, -0.2) is 54.3 Å². The van der Waals surface area contributed by atoms with Gasteiger partial charge in [0.15, 0.2) is 7.37 Å². The van der Waals surface area contributed by atoms with Crippen LogP contribution < -0.4 is 4.89 Å². The van der Waals surface area contributed by atoms with E-state index in [1.165, 1.54) is 140 Å². The summed E-state index contributed by atoms with van der Waals surface area (Å²) in [6.45, 7) is 11.8. The van der Waals surface area contributed by atoms with Crippen molar-refractivity contribution in [1.82, 2.24) is 0 Å². The molecule has 0 bridgehead atoms. The third-order valence-electron chi connectivity index (χ3n) is 7.81. The van der Waals surface area contributed by atoms with Gasteiger partial charge in [-0.15, -0.1) is 6.42 Å². The van der Waals surface area contributed by atoms with Crippen molar-refractivity contribution in [3.63, 3.8) is 0 Å².